The number of nitro groups is 1. The van der Waals surface area contributed by atoms with Crippen molar-refractivity contribution in [3.63, 3.8) is 0 Å². The molecule has 1 N–H and O–H groups in total. The molecule has 0 spiro atoms. The zero-order chi connectivity index (χ0) is 15.7. The van der Waals surface area contributed by atoms with E-state index in [0.717, 1.165) is 4.57 Å². The topological polar surface area (TPSA) is 111 Å². The third kappa shape index (κ3) is 2.84. The number of aromatic nitrogens is 3. The predicted octanol–water partition coefficient (Wildman–Crippen LogP) is 1.16. The largest absolute Gasteiger partial charge is 0.328 e. The van der Waals surface area contributed by atoms with Crippen LogP contribution >= 0.6 is 11.6 Å². The van der Waals surface area contributed by atoms with E-state index < -0.39 is 16.2 Å². The number of aryl methyl sites for hydroxylation is 1. The molecule has 0 atom stereocenters. The number of rotatable bonds is 3. The van der Waals surface area contributed by atoms with Crippen LogP contribution in [-0.4, -0.2) is 19.5 Å². The van der Waals surface area contributed by atoms with Crippen molar-refractivity contribution in [2.24, 2.45) is 0 Å². The van der Waals surface area contributed by atoms with Gasteiger partial charge in [0.15, 0.2) is 0 Å². The summed E-state index contributed by atoms with van der Waals surface area (Å²) < 4.78 is 1.14. The molecule has 9 heteroatoms. The summed E-state index contributed by atoms with van der Waals surface area (Å²) >= 11 is 5.67. The standard InChI is InChI=1S/C12H11ClN4O4/c1-6-3-14-9(7(2)10(6)17(20)21)5-16-4-8(13)11(18)15-12(16)19/h3-4H,5H2,1-2H3,(H,15,18,19). The van der Waals surface area contributed by atoms with Gasteiger partial charge in [0.2, 0.25) is 0 Å². The second-order valence-electron chi connectivity index (χ2n) is 4.48. The van der Waals surface area contributed by atoms with E-state index in [-0.39, 0.29) is 17.3 Å². The molecule has 0 saturated carbocycles. The van der Waals surface area contributed by atoms with Crippen LogP contribution in [0, 0.1) is 24.0 Å². The summed E-state index contributed by atoms with van der Waals surface area (Å²) in [5.74, 6) is 0. The summed E-state index contributed by atoms with van der Waals surface area (Å²) in [6.45, 7) is 3.12. The first-order valence-electron chi connectivity index (χ1n) is 5.90. The highest BCUT2D eigenvalue weighted by Crippen LogP contribution is 2.24. The maximum Gasteiger partial charge on any atom is 0.328 e. The number of nitrogens with zero attached hydrogens (tertiary/aromatic N) is 3. The number of nitrogens with one attached hydrogen (secondary N) is 1. The van der Waals surface area contributed by atoms with Gasteiger partial charge in [-0.15, -0.1) is 0 Å². The van der Waals surface area contributed by atoms with Crippen molar-refractivity contribution >= 4 is 17.3 Å². The van der Waals surface area contributed by atoms with E-state index in [2.05, 4.69) is 9.97 Å². The normalized spacial score (nSPS) is 10.6. The lowest BCUT2D eigenvalue weighted by atomic mass is 10.1. The van der Waals surface area contributed by atoms with Crippen molar-refractivity contribution < 1.29 is 4.92 Å². The van der Waals surface area contributed by atoms with Crippen LogP contribution in [0.3, 0.4) is 0 Å². The lowest BCUT2D eigenvalue weighted by Crippen LogP contribution is -2.30. The van der Waals surface area contributed by atoms with Crippen molar-refractivity contribution in [2.45, 2.75) is 20.4 Å². The molecule has 2 heterocycles. The Morgan fingerprint density at radius 1 is 1.43 bits per heavy atom. The van der Waals surface area contributed by atoms with E-state index in [0.29, 0.717) is 16.8 Å². The zero-order valence-corrected chi connectivity index (χ0v) is 12.0. The summed E-state index contributed by atoms with van der Waals surface area (Å²) in [5.41, 5.74) is -0.213. The van der Waals surface area contributed by atoms with Crippen LogP contribution < -0.4 is 11.2 Å². The number of hydrogen-bond acceptors (Lipinski definition) is 5. The van der Waals surface area contributed by atoms with Crippen molar-refractivity contribution in [1.82, 2.24) is 14.5 Å². The minimum Gasteiger partial charge on any atom is -0.293 e. The first-order chi connectivity index (χ1) is 9.81. The zero-order valence-electron chi connectivity index (χ0n) is 11.2. The maximum atomic E-state index is 11.7. The third-order valence-electron chi connectivity index (χ3n) is 3.05. The summed E-state index contributed by atoms with van der Waals surface area (Å²) in [6, 6.07) is 0. The number of H-pyrrole nitrogens is 1. The van der Waals surface area contributed by atoms with Gasteiger partial charge in [-0.2, -0.15) is 0 Å². The van der Waals surface area contributed by atoms with Crippen LogP contribution in [0.25, 0.3) is 0 Å². The molecule has 0 saturated heterocycles. The van der Waals surface area contributed by atoms with Crippen LogP contribution in [0.1, 0.15) is 16.8 Å². The second-order valence-corrected chi connectivity index (χ2v) is 4.89. The molecule has 0 amide bonds. The fraction of sp³-hybridized carbons (Fsp3) is 0.250. The molecule has 0 fully saturated rings. The first-order valence-corrected chi connectivity index (χ1v) is 6.27. The van der Waals surface area contributed by atoms with Crippen molar-refractivity contribution in [3.05, 3.63) is 65.2 Å². The van der Waals surface area contributed by atoms with Gasteiger partial charge in [0, 0.05) is 18.0 Å². The van der Waals surface area contributed by atoms with E-state index in [9.17, 15) is 19.7 Å². The fourth-order valence-electron chi connectivity index (χ4n) is 1.97. The average Bonchev–Trinajstić information content (AvgIpc) is 2.38. The molecule has 2 aromatic heterocycles. The highest BCUT2D eigenvalue weighted by atomic mass is 35.5. The minimum absolute atomic E-state index is 0.0255. The molecule has 0 aliphatic heterocycles. The highest BCUT2D eigenvalue weighted by molar-refractivity contribution is 6.30. The monoisotopic (exact) mass is 310 g/mol. The SMILES string of the molecule is Cc1cnc(Cn2cc(Cl)c(=O)[nH]c2=O)c(C)c1[N+](=O)[O-]. The van der Waals surface area contributed by atoms with Crippen LogP contribution in [0.2, 0.25) is 5.02 Å². The molecular weight excluding hydrogens is 300 g/mol. The quantitative estimate of drug-likeness (QED) is 0.675. The lowest BCUT2D eigenvalue weighted by Gasteiger charge is -2.09. The summed E-state index contributed by atoms with van der Waals surface area (Å²) in [4.78, 5) is 39.6. The fourth-order valence-corrected chi connectivity index (χ4v) is 2.13. The van der Waals surface area contributed by atoms with E-state index >= 15 is 0 Å². The maximum absolute atomic E-state index is 11.7. The number of halogens is 1. The van der Waals surface area contributed by atoms with Gasteiger partial charge < -0.3 is 0 Å². The van der Waals surface area contributed by atoms with Crippen LogP contribution in [0.15, 0.2) is 22.0 Å². The van der Waals surface area contributed by atoms with Gasteiger partial charge in [0.25, 0.3) is 11.2 Å². The summed E-state index contributed by atoms with van der Waals surface area (Å²) in [6.07, 6.45) is 2.55. The summed E-state index contributed by atoms with van der Waals surface area (Å²) in [5, 5.41) is 10.9. The van der Waals surface area contributed by atoms with E-state index in [1.165, 1.54) is 12.4 Å². The molecule has 2 aromatic rings. The Labute approximate surface area is 123 Å². The van der Waals surface area contributed by atoms with E-state index in [4.69, 9.17) is 11.6 Å². The second kappa shape index (κ2) is 5.49. The minimum atomic E-state index is -0.683. The van der Waals surface area contributed by atoms with E-state index in [1.807, 2.05) is 0 Å². The van der Waals surface area contributed by atoms with Crippen molar-refractivity contribution in [1.29, 1.82) is 0 Å². The van der Waals surface area contributed by atoms with Crippen molar-refractivity contribution in [2.75, 3.05) is 0 Å². The Hall–Kier alpha value is -2.48. The molecule has 2 rings (SSSR count). The molecule has 0 aliphatic carbocycles. The van der Waals surface area contributed by atoms with Crippen LogP contribution in [-0.2, 0) is 6.54 Å². The molecule has 0 aromatic carbocycles. The Morgan fingerprint density at radius 3 is 2.71 bits per heavy atom. The summed E-state index contributed by atoms with van der Waals surface area (Å²) in [7, 11) is 0. The molecule has 21 heavy (non-hydrogen) atoms. The molecule has 0 unspecified atom stereocenters. The average molecular weight is 311 g/mol. The number of aromatic amines is 1. The molecular formula is C12H11ClN4O4. The Bertz CT molecular complexity index is 840. The van der Waals surface area contributed by atoms with Gasteiger partial charge in [-0.3, -0.25) is 29.4 Å². The Balaban J connectivity index is 2.53. The molecule has 8 nitrogen and oxygen atoms in total. The van der Waals surface area contributed by atoms with Gasteiger partial charge >= 0.3 is 5.69 Å². The van der Waals surface area contributed by atoms with Crippen LogP contribution in [0.4, 0.5) is 5.69 Å². The van der Waals surface area contributed by atoms with Gasteiger partial charge in [0.1, 0.15) is 5.02 Å². The van der Waals surface area contributed by atoms with Crippen LogP contribution in [0.5, 0.6) is 0 Å². The third-order valence-corrected chi connectivity index (χ3v) is 3.31. The van der Waals surface area contributed by atoms with Crippen molar-refractivity contribution in [3.8, 4) is 0 Å². The van der Waals surface area contributed by atoms with Gasteiger partial charge in [-0.25, -0.2) is 4.79 Å². The van der Waals surface area contributed by atoms with Gasteiger partial charge in [-0.1, -0.05) is 11.6 Å². The molecule has 110 valence electrons. The highest BCUT2D eigenvalue weighted by Gasteiger charge is 2.19. The Morgan fingerprint density at radius 2 is 2.10 bits per heavy atom. The molecule has 0 bridgehead atoms. The molecule has 0 radical (unpaired) electrons. The van der Waals surface area contributed by atoms with Gasteiger partial charge in [0.05, 0.1) is 22.7 Å². The van der Waals surface area contributed by atoms with E-state index in [1.54, 1.807) is 13.8 Å². The number of pyridine rings is 1. The van der Waals surface area contributed by atoms with Gasteiger partial charge in [-0.05, 0) is 13.8 Å². The number of hydrogen-bond donors (Lipinski definition) is 1. The molecule has 0 aliphatic rings. The lowest BCUT2D eigenvalue weighted by molar-refractivity contribution is -0.386. The Kier molecular flexibility index (Phi) is 3.90. The first kappa shape index (κ1) is 14.9. The predicted molar refractivity (Wildman–Crippen MR) is 75.8 cm³/mol. The smallest absolute Gasteiger partial charge is 0.293 e.